The third-order valence-corrected chi connectivity index (χ3v) is 4.72. The van der Waals surface area contributed by atoms with Gasteiger partial charge in [-0.25, -0.2) is 0 Å². The predicted molar refractivity (Wildman–Crippen MR) is 66.2 cm³/mol. The molecule has 1 aliphatic heterocycles. The van der Waals surface area contributed by atoms with Crippen LogP contribution in [-0.2, 0) is 0 Å². The van der Waals surface area contributed by atoms with E-state index >= 15 is 0 Å². The Hall–Kier alpha value is -0.120. The van der Waals surface area contributed by atoms with Crippen molar-refractivity contribution in [3.8, 4) is 0 Å². The average Bonchev–Trinajstić information content (AvgIpc) is 2.30. The molecular formula is C13H26N2O. The van der Waals surface area contributed by atoms with Crippen LogP contribution in [0, 0.1) is 5.92 Å². The normalized spacial score (nSPS) is 38.1. The van der Waals surface area contributed by atoms with Crippen LogP contribution in [0.25, 0.3) is 0 Å². The second-order valence-electron chi connectivity index (χ2n) is 5.59. The molecule has 2 rings (SSSR count). The van der Waals surface area contributed by atoms with Crippen LogP contribution < -0.4 is 5.73 Å². The van der Waals surface area contributed by atoms with Gasteiger partial charge in [0, 0.05) is 31.6 Å². The molecule has 0 radical (unpaired) electrons. The van der Waals surface area contributed by atoms with Gasteiger partial charge in [0.2, 0.25) is 0 Å². The number of piperidine rings is 1. The van der Waals surface area contributed by atoms with Gasteiger partial charge in [-0.05, 0) is 25.7 Å². The molecule has 0 spiro atoms. The molecule has 1 heterocycles. The van der Waals surface area contributed by atoms with Crippen LogP contribution in [0.15, 0.2) is 0 Å². The molecule has 3 N–H and O–H groups in total. The second-order valence-corrected chi connectivity index (χ2v) is 5.59. The smallest absolute Gasteiger partial charge is 0.0700 e. The Morgan fingerprint density at radius 3 is 2.94 bits per heavy atom. The van der Waals surface area contributed by atoms with Crippen molar-refractivity contribution in [1.82, 2.24) is 4.90 Å². The molecule has 3 heteroatoms. The van der Waals surface area contributed by atoms with Crippen molar-refractivity contribution < 1.29 is 5.11 Å². The summed E-state index contributed by atoms with van der Waals surface area (Å²) >= 11 is 0. The molecule has 94 valence electrons. The first-order chi connectivity index (χ1) is 7.69. The van der Waals surface area contributed by atoms with E-state index in [0.29, 0.717) is 12.0 Å². The molecule has 3 nitrogen and oxygen atoms in total. The summed E-state index contributed by atoms with van der Waals surface area (Å²) in [5.41, 5.74) is 5.47. The highest BCUT2D eigenvalue weighted by Gasteiger charge is 2.43. The second kappa shape index (κ2) is 5.03. The first kappa shape index (κ1) is 12.3. The highest BCUT2D eigenvalue weighted by atomic mass is 16.3. The molecule has 3 unspecified atom stereocenters. The fraction of sp³-hybridized carbons (Fsp3) is 1.00. The van der Waals surface area contributed by atoms with Crippen molar-refractivity contribution in [2.45, 2.75) is 57.1 Å². The van der Waals surface area contributed by atoms with Crippen LogP contribution in [0.1, 0.15) is 45.4 Å². The van der Waals surface area contributed by atoms with E-state index in [0.717, 1.165) is 38.9 Å². The lowest BCUT2D eigenvalue weighted by Gasteiger charge is -2.49. The van der Waals surface area contributed by atoms with Gasteiger partial charge in [0.25, 0.3) is 0 Å². The van der Waals surface area contributed by atoms with Crippen molar-refractivity contribution in [3.63, 3.8) is 0 Å². The third kappa shape index (κ3) is 2.27. The van der Waals surface area contributed by atoms with Crippen LogP contribution in [-0.4, -0.2) is 41.3 Å². The summed E-state index contributed by atoms with van der Waals surface area (Å²) in [6.45, 7) is 5.05. The van der Waals surface area contributed by atoms with Crippen molar-refractivity contribution in [2.75, 3.05) is 19.6 Å². The van der Waals surface area contributed by atoms with E-state index in [1.807, 2.05) is 0 Å². The zero-order chi connectivity index (χ0) is 11.6. The fourth-order valence-electron chi connectivity index (χ4n) is 3.50. The van der Waals surface area contributed by atoms with Gasteiger partial charge in [0.05, 0.1) is 5.60 Å². The minimum absolute atomic E-state index is 0.346. The summed E-state index contributed by atoms with van der Waals surface area (Å²) < 4.78 is 0. The average molecular weight is 226 g/mol. The topological polar surface area (TPSA) is 49.5 Å². The maximum atomic E-state index is 10.6. The molecule has 0 aromatic rings. The van der Waals surface area contributed by atoms with Gasteiger partial charge in [-0.3, -0.25) is 4.90 Å². The molecule has 0 aromatic heterocycles. The molecule has 2 fully saturated rings. The molecule has 2 aliphatic rings. The zero-order valence-electron chi connectivity index (χ0n) is 10.5. The minimum Gasteiger partial charge on any atom is -0.390 e. The van der Waals surface area contributed by atoms with Crippen LogP contribution >= 0.6 is 0 Å². The monoisotopic (exact) mass is 226 g/mol. The van der Waals surface area contributed by atoms with Gasteiger partial charge in [0.1, 0.15) is 0 Å². The van der Waals surface area contributed by atoms with Crippen LogP contribution in [0.3, 0.4) is 0 Å². The highest BCUT2D eigenvalue weighted by Crippen LogP contribution is 2.40. The van der Waals surface area contributed by atoms with Crippen molar-refractivity contribution in [2.24, 2.45) is 11.7 Å². The lowest BCUT2D eigenvalue weighted by atomic mass is 9.71. The zero-order valence-corrected chi connectivity index (χ0v) is 10.5. The lowest BCUT2D eigenvalue weighted by Crippen LogP contribution is -2.56. The first-order valence-corrected chi connectivity index (χ1v) is 6.86. The van der Waals surface area contributed by atoms with E-state index < -0.39 is 0 Å². The van der Waals surface area contributed by atoms with Crippen LogP contribution in [0.5, 0.6) is 0 Å². The first-order valence-electron chi connectivity index (χ1n) is 6.86. The van der Waals surface area contributed by atoms with Gasteiger partial charge < -0.3 is 10.8 Å². The summed E-state index contributed by atoms with van der Waals surface area (Å²) in [5.74, 6) is 0.496. The predicted octanol–water partition coefficient (Wildman–Crippen LogP) is 1.35. The Kier molecular flexibility index (Phi) is 3.88. The van der Waals surface area contributed by atoms with Crippen molar-refractivity contribution in [3.05, 3.63) is 0 Å². The van der Waals surface area contributed by atoms with Gasteiger partial charge in [-0.15, -0.1) is 0 Å². The van der Waals surface area contributed by atoms with E-state index in [1.54, 1.807) is 0 Å². The molecule has 1 saturated carbocycles. The fourth-order valence-corrected chi connectivity index (χ4v) is 3.50. The molecular weight excluding hydrogens is 200 g/mol. The van der Waals surface area contributed by atoms with E-state index in [9.17, 15) is 5.11 Å². The number of fused-ring (bicyclic) bond motifs is 1. The number of nitrogens with two attached hydrogens (primary N) is 1. The highest BCUT2D eigenvalue weighted by molar-refractivity contribution is 4.96. The van der Waals surface area contributed by atoms with Crippen molar-refractivity contribution >= 4 is 0 Å². The number of hydrogen-bond acceptors (Lipinski definition) is 3. The summed E-state index contributed by atoms with van der Waals surface area (Å²) in [4.78, 5) is 2.50. The number of rotatable bonds is 3. The minimum atomic E-state index is -0.346. The van der Waals surface area contributed by atoms with E-state index in [-0.39, 0.29) is 5.60 Å². The van der Waals surface area contributed by atoms with Crippen LogP contribution in [0.4, 0.5) is 0 Å². The number of hydrogen-bond donors (Lipinski definition) is 2. The molecule has 16 heavy (non-hydrogen) atoms. The summed E-state index contributed by atoms with van der Waals surface area (Å²) in [6.07, 6.45) is 6.80. The maximum absolute atomic E-state index is 10.6. The summed E-state index contributed by atoms with van der Waals surface area (Å²) in [5, 5.41) is 10.6. The van der Waals surface area contributed by atoms with Gasteiger partial charge >= 0.3 is 0 Å². The molecule has 1 saturated heterocycles. The lowest BCUT2D eigenvalue weighted by molar-refractivity contribution is -0.102. The number of aliphatic hydroxyl groups is 1. The number of likely N-dealkylation sites (tertiary alicyclic amines) is 1. The molecule has 3 atom stereocenters. The summed E-state index contributed by atoms with van der Waals surface area (Å²) in [7, 11) is 0. The van der Waals surface area contributed by atoms with Gasteiger partial charge in [-0.1, -0.05) is 19.8 Å². The molecule has 0 aromatic carbocycles. The van der Waals surface area contributed by atoms with E-state index in [1.165, 1.54) is 19.3 Å². The Bertz CT molecular complexity index is 230. The Labute approximate surface area is 99.0 Å². The largest absolute Gasteiger partial charge is 0.390 e. The van der Waals surface area contributed by atoms with Crippen molar-refractivity contribution in [1.29, 1.82) is 0 Å². The van der Waals surface area contributed by atoms with E-state index in [2.05, 4.69) is 11.8 Å². The Morgan fingerprint density at radius 1 is 1.44 bits per heavy atom. The van der Waals surface area contributed by atoms with E-state index in [4.69, 9.17) is 5.73 Å². The maximum Gasteiger partial charge on any atom is 0.0700 e. The molecule has 0 amide bonds. The Morgan fingerprint density at radius 2 is 2.25 bits per heavy atom. The Balaban J connectivity index is 1.98. The third-order valence-electron chi connectivity index (χ3n) is 4.72. The van der Waals surface area contributed by atoms with Gasteiger partial charge in [0.15, 0.2) is 0 Å². The van der Waals surface area contributed by atoms with Crippen LogP contribution in [0.2, 0.25) is 0 Å². The standard InChI is InChI=1S/C13H26N2O/c1-2-12(9-14)15-8-7-13(16)6-4-3-5-11(13)10-15/h11-12,16H,2-10,14H2,1H3. The van der Waals surface area contributed by atoms with Gasteiger partial charge in [-0.2, -0.15) is 0 Å². The molecule has 1 aliphatic carbocycles. The number of nitrogens with zero attached hydrogens (tertiary/aromatic N) is 1. The molecule has 0 bridgehead atoms. The summed E-state index contributed by atoms with van der Waals surface area (Å²) in [6, 6.07) is 0.520. The SMILES string of the molecule is CCC(CN)N1CCC2(O)CCCCC2C1. The quantitative estimate of drug-likeness (QED) is 0.764.